The summed E-state index contributed by atoms with van der Waals surface area (Å²) in [6.07, 6.45) is 3.55. The van der Waals surface area contributed by atoms with E-state index in [1.807, 2.05) is 19.9 Å². The molecule has 1 heterocycles. The standard InChI is InChI=1S/C15H18FN.C2H6/c1-10(2)17-9-12-7-14(17)8-15(12)11-4-3-5-13(16)6-11;1-2/h3-6,8,10,12,14H,7,9H2,1-2H3;1-2H3. The van der Waals surface area contributed by atoms with Gasteiger partial charge < -0.3 is 0 Å². The lowest BCUT2D eigenvalue weighted by atomic mass is 9.95. The molecule has 2 aliphatic rings. The Balaban J connectivity index is 0.000000637. The summed E-state index contributed by atoms with van der Waals surface area (Å²) in [7, 11) is 0. The van der Waals surface area contributed by atoms with Crippen LogP contribution in [0.1, 0.15) is 39.7 Å². The van der Waals surface area contributed by atoms with Crippen molar-refractivity contribution in [2.75, 3.05) is 6.54 Å². The number of likely N-dealkylation sites (tertiary alicyclic amines) is 1. The maximum absolute atomic E-state index is 13.2. The van der Waals surface area contributed by atoms with E-state index in [0.717, 1.165) is 12.1 Å². The normalized spacial score (nSPS) is 25.3. The zero-order chi connectivity index (χ0) is 14.0. The van der Waals surface area contributed by atoms with Gasteiger partial charge in [-0.3, -0.25) is 4.90 Å². The second-order valence-electron chi connectivity index (χ2n) is 5.42. The van der Waals surface area contributed by atoms with Crippen LogP contribution in [-0.2, 0) is 0 Å². The average molecular weight is 261 g/mol. The summed E-state index contributed by atoms with van der Waals surface area (Å²) in [5.74, 6) is 0.469. The Labute approximate surface area is 116 Å². The number of fused-ring (bicyclic) bond motifs is 2. The third-order valence-corrected chi connectivity index (χ3v) is 4.02. The molecule has 1 fully saturated rings. The first-order valence-corrected chi connectivity index (χ1v) is 7.38. The van der Waals surface area contributed by atoms with Crippen LogP contribution in [0, 0.1) is 11.7 Å². The SMILES string of the molecule is CC.CC(C)N1CC2CC1C=C2c1cccc(F)c1. The highest BCUT2D eigenvalue weighted by atomic mass is 19.1. The second-order valence-corrected chi connectivity index (χ2v) is 5.42. The fourth-order valence-electron chi connectivity index (χ4n) is 3.22. The van der Waals surface area contributed by atoms with Crippen LogP contribution in [0.2, 0.25) is 0 Å². The van der Waals surface area contributed by atoms with Crippen molar-refractivity contribution < 1.29 is 4.39 Å². The Bertz CT molecular complexity index is 464. The highest BCUT2D eigenvalue weighted by molar-refractivity contribution is 5.71. The smallest absolute Gasteiger partial charge is 0.123 e. The van der Waals surface area contributed by atoms with Gasteiger partial charge in [0.2, 0.25) is 0 Å². The summed E-state index contributed by atoms with van der Waals surface area (Å²) < 4.78 is 13.2. The van der Waals surface area contributed by atoms with Crippen molar-refractivity contribution >= 4 is 5.57 Å². The summed E-state index contributed by atoms with van der Waals surface area (Å²) in [6.45, 7) is 9.62. The van der Waals surface area contributed by atoms with Gasteiger partial charge >= 0.3 is 0 Å². The minimum atomic E-state index is -0.133. The van der Waals surface area contributed by atoms with Gasteiger partial charge in [0.25, 0.3) is 0 Å². The number of hydrogen-bond donors (Lipinski definition) is 0. The second kappa shape index (κ2) is 5.87. The summed E-state index contributed by atoms with van der Waals surface area (Å²) >= 11 is 0. The third-order valence-electron chi connectivity index (χ3n) is 4.02. The van der Waals surface area contributed by atoms with Crippen molar-refractivity contribution in [3.05, 3.63) is 41.7 Å². The molecule has 2 unspecified atom stereocenters. The molecule has 104 valence electrons. The molecule has 0 N–H and O–H groups in total. The van der Waals surface area contributed by atoms with E-state index < -0.39 is 0 Å². The Hall–Kier alpha value is -1.15. The van der Waals surface area contributed by atoms with Crippen molar-refractivity contribution in [3.63, 3.8) is 0 Å². The molecule has 0 radical (unpaired) electrons. The highest BCUT2D eigenvalue weighted by Crippen LogP contribution is 2.42. The fourth-order valence-corrected chi connectivity index (χ4v) is 3.22. The van der Waals surface area contributed by atoms with E-state index in [1.54, 1.807) is 12.1 Å². The van der Waals surface area contributed by atoms with Gasteiger partial charge in [0, 0.05) is 18.6 Å². The molecule has 1 aromatic carbocycles. The van der Waals surface area contributed by atoms with Crippen molar-refractivity contribution in [1.29, 1.82) is 0 Å². The lowest BCUT2D eigenvalue weighted by molar-refractivity contribution is 0.227. The molecule has 0 saturated carbocycles. The lowest BCUT2D eigenvalue weighted by Gasteiger charge is -2.29. The van der Waals surface area contributed by atoms with E-state index in [0.29, 0.717) is 18.0 Å². The van der Waals surface area contributed by atoms with Crippen LogP contribution >= 0.6 is 0 Å². The number of rotatable bonds is 2. The topological polar surface area (TPSA) is 3.24 Å². The van der Waals surface area contributed by atoms with Gasteiger partial charge in [-0.1, -0.05) is 32.1 Å². The number of nitrogens with zero attached hydrogens (tertiary/aromatic N) is 1. The van der Waals surface area contributed by atoms with Crippen molar-refractivity contribution in [1.82, 2.24) is 4.90 Å². The first kappa shape index (κ1) is 14.3. The van der Waals surface area contributed by atoms with Crippen LogP contribution in [0.3, 0.4) is 0 Å². The molecule has 0 spiro atoms. The molecule has 2 bridgehead atoms. The molecule has 0 amide bonds. The van der Waals surface area contributed by atoms with Crippen LogP contribution in [-0.4, -0.2) is 23.5 Å². The number of benzene rings is 1. The Kier molecular flexibility index (Phi) is 4.41. The van der Waals surface area contributed by atoms with Crippen molar-refractivity contribution in [2.24, 2.45) is 5.92 Å². The van der Waals surface area contributed by atoms with Crippen LogP contribution in [0.5, 0.6) is 0 Å². The lowest BCUT2D eigenvalue weighted by Crippen LogP contribution is -2.36. The van der Waals surface area contributed by atoms with Crippen LogP contribution in [0.15, 0.2) is 30.3 Å². The van der Waals surface area contributed by atoms with E-state index in [-0.39, 0.29) is 5.82 Å². The van der Waals surface area contributed by atoms with E-state index >= 15 is 0 Å². The predicted octanol–water partition coefficient (Wildman–Crippen LogP) is 4.35. The molecule has 1 aliphatic heterocycles. The molecule has 2 heteroatoms. The van der Waals surface area contributed by atoms with Crippen molar-refractivity contribution in [2.45, 2.75) is 46.2 Å². The predicted molar refractivity (Wildman–Crippen MR) is 79.5 cm³/mol. The zero-order valence-corrected chi connectivity index (χ0v) is 12.4. The van der Waals surface area contributed by atoms with Gasteiger partial charge in [-0.05, 0) is 49.5 Å². The Morgan fingerprint density at radius 3 is 2.53 bits per heavy atom. The maximum atomic E-state index is 13.2. The van der Waals surface area contributed by atoms with E-state index in [2.05, 4.69) is 24.8 Å². The highest BCUT2D eigenvalue weighted by Gasteiger charge is 2.39. The Morgan fingerprint density at radius 1 is 1.26 bits per heavy atom. The van der Waals surface area contributed by atoms with Crippen LogP contribution in [0.25, 0.3) is 5.57 Å². The van der Waals surface area contributed by atoms with E-state index in [9.17, 15) is 4.39 Å². The van der Waals surface area contributed by atoms with Crippen LogP contribution in [0.4, 0.5) is 4.39 Å². The molecule has 3 rings (SSSR count). The first-order chi connectivity index (χ1) is 9.15. The monoisotopic (exact) mass is 261 g/mol. The summed E-state index contributed by atoms with van der Waals surface area (Å²) in [5, 5.41) is 0. The minimum absolute atomic E-state index is 0.133. The van der Waals surface area contributed by atoms with E-state index in [1.165, 1.54) is 18.1 Å². The summed E-state index contributed by atoms with van der Waals surface area (Å²) in [4.78, 5) is 2.54. The average Bonchev–Trinajstić information content (AvgIpc) is 3.00. The van der Waals surface area contributed by atoms with E-state index in [4.69, 9.17) is 0 Å². The number of halogens is 1. The fraction of sp³-hybridized carbons (Fsp3) is 0.529. The molecule has 1 saturated heterocycles. The molecule has 19 heavy (non-hydrogen) atoms. The van der Waals surface area contributed by atoms with Gasteiger partial charge in [0.15, 0.2) is 0 Å². The van der Waals surface area contributed by atoms with Gasteiger partial charge in [0.05, 0.1) is 0 Å². The van der Waals surface area contributed by atoms with Crippen molar-refractivity contribution in [3.8, 4) is 0 Å². The molecule has 1 nitrogen and oxygen atoms in total. The number of hydrogen-bond acceptors (Lipinski definition) is 1. The van der Waals surface area contributed by atoms with Gasteiger partial charge in [0.1, 0.15) is 5.82 Å². The molecular formula is C17H24FN. The maximum Gasteiger partial charge on any atom is 0.123 e. The molecule has 1 aliphatic carbocycles. The van der Waals surface area contributed by atoms with Gasteiger partial charge in [-0.25, -0.2) is 4.39 Å². The molecular weight excluding hydrogens is 237 g/mol. The van der Waals surface area contributed by atoms with Gasteiger partial charge in [-0.15, -0.1) is 0 Å². The van der Waals surface area contributed by atoms with Crippen LogP contribution < -0.4 is 0 Å². The summed E-state index contributed by atoms with van der Waals surface area (Å²) in [6, 6.07) is 8.17. The molecule has 0 aromatic heterocycles. The largest absolute Gasteiger partial charge is 0.294 e. The van der Waals surface area contributed by atoms with Gasteiger partial charge in [-0.2, -0.15) is 0 Å². The molecule has 1 aromatic rings. The molecule has 2 atom stereocenters. The third kappa shape index (κ3) is 2.74. The zero-order valence-electron chi connectivity index (χ0n) is 12.4. The first-order valence-electron chi connectivity index (χ1n) is 7.38. The summed E-state index contributed by atoms with van der Waals surface area (Å²) in [5.41, 5.74) is 2.42. The quantitative estimate of drug-likeness (QED) is 0.765. The Morgan fingerprint density at radius 2 is 2.00 bits per heavy atom. The minimum Gasteiger partial charge on any atom is -0.294 e.